The fraction of sp³-hybridized carbons (Fsp3) is 0.148. The molecule has 41 heavy (non-hydrogen) atoms. The Balaban J connectivity index is 1.64. The van der Waals surface area contributed by atoms with Crippen molar-refractivity contribution in [3.05, 3.63) is 85.1 Å². The summed E-state index contributed by atoms with van der Waals surface area (Å²) in [4.78, 5) is 14.5. The SMILES string of the molecule is CCCSNc1ccc(F)c(-n2cc(-c3cncnc3)c3nc(N(C)c4cccc(OS(=O)(=O)F)c4)ccc32)c1F. The summed E-state index contributed by atoms with van der Waals surface area (Å²) in [5, 5.41) is 0. The zero-order valence-corrected chi connectivity index (χ0v) is 23.4. The minimum atomic E-state index is -5.21. The molecule has 5 rings (SSSR count). The fourth-order valence-corrected chi connectivity index (χ4v) is 5.13. The van der Waals surface area contributed by atoms with Gasteiger partial charge in [0.2, 0.25) is 0 Å². The highest BCUT2D eigenvalue weighted by Gasteiger charge is 2.22. The number of hydrogen-bond acceptors (Lipinski definition) is 9. The molecule has 0 aliphatic carbocycles. The molecule has 2 aromatic carbocycles. The average molecular weight is 601 g/mol. The Labute approximate surface area is 238 Å². The topological polar surface area (TPSA) is 102 Å². The molecular formula is C27H23F3N6O3S2. The predicted molar refractivity (Wildman–Crippen MR) is 154 cm³/mol. The number of rotatable bonds is 10. The molecule has 5 aromatic rings. The van der Waals surface area contributed by atoms with Crippen molar-refractivity contribution in [3.8, 4) is 22.6 Å². The first kappa shape index (κ1) is 28.2. The summed E-state index contributed by atoms with van der Waals surface area (Å²) < 4.78 is 74.5. The van der Waals surface area contributed by atoms with Gasteiger partial charge in [-0.1, -0.05) is 28.8 Å². The maximum Gasteiger partial charge on any atom is 0.488 e. The van der Waals surface area contributed by atoms with E-state index < -0.39 is 22.1 Å². The van der Waals surface area contributed by atoms with Gasteiger partial charge in [-0.2, -0.15) is 8.42 Å². The molecule has 0 unspecified atom stereocenters. The van der Waals surface area contributed by atoms with Crippen molar-refractivity contribution in [1.29, 1.82) is 0 Å². The molecule has 0 aliphatic rings. The van der Waals surface area contributed by atoms with Crippen LogP contribution in [0.15, 0.2) is 73.4 Å². The lowest BCUT2D eigenvalue weighted by Crippen LogP contribution is -2.11. The van der Waals surface area contributed by atoms with E-state index in [-0.39, 0.29) is 17.1 Å². The quantitative estimate of drug-likeness (QED) is 0.108. The van der Waals surface area contributed by atoms with Gasteiger partial charge in [-0.15, -0.1) is 0 Å². The van der Waals surface area contributed by atoms with Crippen molar-refractivity contribution in [2.75, 3.05) is 22.4 Å². The largest absolute Gasteiger partial charge is 0.488 e. The number of halogens is 3. The van der Waals surface area contributed by atoms with E-state index in [2.05, 4.69) is 18.9 Å². The standard InChI is InChI=1S/C27H23F3N6O3S2/c1-3-11-40-34-22-8-7-21(28)27(25(22)29)36-15-20(17-13-31-16-32-14-17)26-23(36)9-10-24(33-26)35(2)18-5-4-6-19(12-18)39-41(30,37)38/h4-10,12-16,34H,3,11H2,1-2H3. The third-order valence-corrected chi connectivity index (χ3v) is 7.41. The normalized spacial score (nSPS) is 11.5. The van der Waals surface area contributed by atoms with Crippen molar-refractivity contribution < 1.29 is 25.3 Å². The first-order chi connectivity index (χ1) is 19.7. The van der Waals surface area contributed by atoms with Crippen LogP contribution in [0.4, 0.5) is 29.9 Å². The van der Waals surface area contributed by atoms with E-state index in [1.807, 2.05) is 6.92 Å². The van der Waals surface area contributed by atoms with E-state index >= 15 is 8.78 Å². The summed E-state index contributed by atoms with van der Waals surface area (Å²) in [5.41, 5.74) is 2.23. The Kier molecular flexibility index (Phi) is 8.03. The molecule has 0 bridgehead atoms. The van der Waals surface area contributed by atoms with Crippen molar-refractivity contribution in [2.24, 2.45) is 0 Å². The molecule has 9 nitrogen and oxygen atoms in total. The van der Waals surface area contributed by atoms with Crippen molar-refractivity contribution >= 4 is 50.7 Å². The van der Waals surface area contributed by atoms with Gasteiger partial charge in [0.05, 0.1) is 16.7 Å². The Morgan fingerprint density at radius 2 is 1.88 bits per heavy atom. The highest BCUT2D eigenvalue weighted by atomic mass is 32.3. The second-order valence-corrected chi connectivity index (χ2v) is 10.7. The van der Waals surface area contributed by atoms with Crippen LogP contribution in [0.3, 0.4) is 0 Å². The van der Waals surface area contributed by atoms with Gasteiger partial charge in [-0.05, 0) is 42.8 Å². The molecule has 0 atom stereocenters. The summed E-state index contributed by atoms with van der Waals surface area (Å²) >= 11 is 1.32. The second kappa shape index (κ2) is 11.7. The van der Waals surface area contributed by atoms with Gasteiger partial charge in [0, 0.05) is 54.3 Å². The van der Waals surface area contributed by atoms with Crippen LogP contribution >= 0.6 is 11.9 Å². The van der Waals surface area contributed by atoms with Gasteiger partial charge in [-0.3, -0.25) is 0 Å². The first-order valence-electron chi connectivity index (χ1n) is 12.3. The number of nitrogens with zero attached hydrogens (tertiary/aromatic N) is 5. The van der Waals surface area contributed by atoms with Gasteiger partial charge in [0.1, 0.15) is 29.4 Å². The lowest BCUT2D eigenvalue weighted by Gasteiger charge is -2.19. The number of nitrogens with one attached hydrogen (secondary N) is 1. The van der Waals surface area contributed by atoms with Crippen molar-refractivity contribution in [1.82, 2.24) is 19.5 Å². The van der Waals surface area contributed by atoms with Crippen LogP contribution < -0.4 is 13.8 Å². The van der Waals surface area contributed by atoms with Gasteiger partial charge in [-0.25, -0.2) is 23.7 Å². The highest BCUT2D eigenvalue weighted by Crippen LogP contribution is 2.36. The molecule has 0 amide bonds. The summed E-state index contributed by atoms with van der Waals surface area (Å²) in [5.74, 6) is -0.594. The lowest BCUT2D eigenvalue weighted by molar-refractivity contribution is 0.440. The maximum atomic E-state index is 15.7. The number of benzene rings is 2. The van der Waals surface area contributed by atoms with Crippen LogP contribution in [0.5, 0.6) is 5.75 Å². The Hall–Kier alpha value is -4.30. The van der Waals surface area contributed by atoms with Crippen LogP contribution in [0.25, 0.3) is 27.8 Å². The molecular weight excluding hydrogens is 577 g/mol. The molecule has 0 radical (unpaired) electrons. The van der Waals surface area contributed by atoms with Crippen LogP contribution in [0, 0.1) is 11.6 Å². The van der Waals surface area contributed by atoms with Gasteiger partial charge >= 0.3 is 10.5 Å². The van der Waals surface area contributed by atoms with Crippen LogP contribution in [0.2, 0.25) is 0 Å². The smallest absolute Gasteiger partial charge is 0.358 e. The van der Waals surface area contributed by atoms with Crippen molar-refractivity contribution in [2.45, 2.75) is 13.3 Å². The highest BCUT2D eigenvalue weighted by molar-refractivity contribution is 8.00. The monoisotopic (exact) mass is 600 g/mol. The molecule has 3 aromatic heterocycles. The van der Waals surface area contributed by atoms with E-state index in [4.69, 9.17) is 4.98 Å². The summed E-state index contributed by atoms with van der Waals surface area (Å²) in [6, 6.07) is 11.6. The Bertz CT molecular complexity index is 1820. The van der Waals surface area contributed by atoms with E-state index in [0.717, 1.165) is 12.2 Å². The first-order valence-corrected chi connectivity index (χ1v) is 14.6. The minimum absolute atomic E-state index is 0.146. The fourth-order valence-electron chi connectivity index (χ4n) is 4.18. The predicted octanol–water partition coefficient (Wildman–Crippen LogP) is 6.59. The minimum Gasteiger partial charge on any atom is -0.358 e. The maximum absolute atomic E-state index is 15.7. The van der Waals surface area contributed by atoms with E-state index in [9.17, 15) is 12.3 Å². The zero-order chi connectivity index (χ0) is 29.1. The zero-order valence-electron chi connectivity index (χ0n) is 21.8. The van der Waals surface area contributed by atoms with E-state index in [0.29, 0.717) is 33.7 Å². The molecule has 0 saturated heterocycles. The molecule has 14 heteroatoms. The number of aromatic nitrogens is 4. The lowest BCUT2D eigenvalue weighted by atomic mass is 10.1. The van der Waals surface area contributed by atoms with Crippen molar-refractivity contribution in [3.63, 3.8) is 0 Å². The molecule has 0 saturated carbocycles. The van der Waals surface area contributed by atoms with Gasteiger partial charge < -0.3 is 18.4 Å². The van der Waals surface area contributed by atoms with E-state index in [1.54, 1.807) is 48.7 Å². The third kappa shape index (κ3) is 6.07. The molecule has 0 spiro atoms. The van der Waals surface area contributed by atoms with Gasteiger partial charge in [0.15, 0.2) is 5.82 Å². The summed E-state index contributed by atoms with van der Waals surface area (Å²) in [6.07, 6.45) is 6.95. The Morgan fingerprint density at radius 3 is 2.61 bits per heavy atom. The molecule has 3 heterocycles. The summed E-state index contributed by atoms with van der Waals surface area (Å²) in [6.45, 7) is 2.00. The molecule has 1 N–H and O–H groups in total. The van der Waals surface area contributed by atoms with Gasteiger partial charge in [0.25, 0.3) is 0 Å². The van der Waals surface area contributed by atoms with Crippen LogP contribution in [-0.4, -0.2) is 40.7 Å². The second-order valence-electron chi connectivity index (χ2n) is 8.82. The number of fused-ring (bicyclic) bond motifs is 1. The third-order valence-electron chi connectivity index (χ3n) is 6.04. The number of hydrogen-bond donors (Lipinski definition) is 1. The summed E-state index contributed by atoms with van der Waals surface area (Å²) in [7, 11) is -3.54. The van der Waals surface area contributed by atoms with Crippen LogP contribution in [-0.2, 0) is 10.5 Å². The molecule has 212 valence electrons. The number of anilines is 3. The average Bonchev–Trinajstić information content (AvgIpc) is 3.32. The molecule has 0 fully saturated rings. The van der Waals surface area contributed by atoms with Crippen LogP contribution in [0.1, 0.15) is 13.3 Å². The van der Waals surface area contributed by atoms with E-state index in [1.165, 1.54) is 53.2 Å². The number of pyridine rings is 1. The Morgan fingerprint density at radius 1 is 1.10 bits per heavy atom. The molecule has 0 aliphatic heterocycles.